The first-order valence-electron chi connectivity index (χ1n) is 7.57. The van der Waals surface area contributed by atoms with Crippen molar-refractivity contribution in [3.63, 3.8) is 0 Å². The molecule has 0 saturated carbocycles. The van der Waals surface area contributed by atoms with Crippen molar-refractivity contribution >= 4 is 0 Å². The Morgan fingerprint density at radius 3 is 2.10 bits per heavy atom. The van der Waals surface area contributed by atoms with E-state index in [4.69, 9.17) is 0 Å². The summed E-state index contributed by atoms with van der Waals surface area (Å²) in [7, 11) is 4.22. The van der Waals surface area contributed by atoms with Crippen LogP contribution in [0.2, 0.25) is 0 Å². The molecule has 0 aromatic heterocycles. The average Bonchev–Trinajstić information content (AvgIpc) is 2.49. The minimum Gasteiger partial charge on any atom is -0.319 e. The zero-order chi connectivity index (χ0) is 15.1. The smallest absolute Gasteiger partial charge is 0.0231 e. The lowest BCUT2D eigenvalue weighted by Crippen LogP contribution is -2.43. The maximum Gasteiger partial charge on any atom is 0.0231 e. The summed E-state index contributed by atoms with van der Waals surface area (Å²) in [5.41, 5.74) is 2.86. The van der Waals surface area contributed by atoms with Crippen LogP contribution < -0.4 is 5.32 Å². The van der Waals surface area contributed by atoms with E-state index >= 15 is 0 Å². The summed E-state index contributed by atoms with van der Waals surface area (Å²) < 4.78 is 0. The predicted octanol–water partition coefficient (Wildman–Crippen LogP) is 3.30. The van der Waals surface area contributed by atoms with Crippen LogP contribution in [0.4, 0.5) is 0 Å². The van der Waals surface area contributed by atoms with Gasteiger partial charge < -0.3 is 10.2 Å². The molecule has 1 unspecified atom stereocenters. The quantitative estimate of drug-likeness (QED) is 0.838. The molecule has 2 aromatic rings. The maximum atomic E-state index is 3.35. The van der Waals surface area contributed by atoms with E-state index in [1.165, 1.54) is 11.1 Å². The van der Waals surface area contributed by atoms with Crippen molar-refractivity contribution in [3.05, 3.63) is 71.8 Å². The second-order valence-electron chi connectivity index (χ2n) is 6.11. The number of hydrogen-bond acceptors (Lipinski definition) is 2. The molecule has 0 spiro atoms. The van der Waals surface area contributed by atoms with Gasteiger partial charge in [-0.05, 0) is 25.2 Å². The van der Waals surface area contributed by atoms with Crippen molar-refractivity contribution in [2.24, 2.45) is 0 Å². The van der Waals surface area contributed by atoms with Crippen molar-refractivity contribution in [3.8, 4) is 0 Å². The normalized spacial score (nSPS) is 14.1. The summed E-state index contributed by atoms with van der Waals surface area (Å²) in [6, 6.07) is 21.4. The van der Waals surface area contributed by atoms with Gasteiger partial charge in [0.25, 0.3) is 0 Å². The highest BCUT2D eigenvalue weighted by molar-refractivity contribution is 5.26. The molecule has 1 atom stereocenters. The fourth-order valence-electron chi connectivity index (χ4n) is 3.03. The molecule has 0 heterocycles. The molecule has 112 valence electrons. The van der Waals surface area contributed by atoms with Gasteiger partial charge in [-0.25, -0.2) is 0 Å². The van der Waals surface area contributed by atoms with Crippen LogP contribution in [0.3, 0.4) is 0 Å². The van der Waals surface area contributed by atoms with Crippen molar-refractivity contribution in [1.82, 2.24) is 10.2 Å². The van der Waals surface area contributed by atoms with Gasteiger partial charge >= 0.3 is 0 Å². The number of benzene rings is 2. The highest BCUT2D eigenvalue weighted by Crippen LogP contribution is 2.24. The first kappa shape index (κ1) is 15.7. The number of hydrogen-bond donors (Lipinski definition) is 1. The van der Waals surface area contributed by atoms with Crippen LogP contribution in [0.25, 0.3) is 0 Å². The summed E-state index contributed by atoms with van der Waals surface area (Å²) in [6.07, 6.45) is 0. The molecule has 0 aliphatic heterocycles. The fraction of sp³-hybridized carbons (Fsp3) is 0.368. The van der Waals surface area contributed by atoms with Gasteiger partial charge in [-0.3, -0.25) is 0 Å². The minimum atomic E-state index is 0.111. The van der Waals surface area contributed by atoms with E-state index in [2.05, 4.69) is 84.9 Å². The highest BCUT2D eigenvalue weighted by atomic mass is 15.1. The van der Waals surface area contributed by atoms with Gasteiger partial charge in [0.15, 0.2) is 0 Å². The van der Waals surface area contributed by atoms with Gasteiger partial charge in [-0.2, -0.15) is 0 Å². The molecule has 2 nitrogen and oxygen atoms in total. The van der Waals surface area contributed by atoms with Crippen molar-refractivity contribution < 1.29 is 0 Å². The third kappa shape index (κ3) is 4.42. The van der Waals surface area contributed by atoms with Crippen LogP contribution >= 0.6 is 0 Å². The molecule has 1 N–H and O–H groups in total. The van der Waals surface area contributed by atoms with Crippen molar-refractivity contribution in [2.45, 2.75) is 18.9 Å². The molecule has 2 aromatic carbocycles. The zero-order valence-electron chi connectivity index (χ0n) is 13.3. The number of nitrogens with one attached hydrogen (secondary N) is 1. The van der Waals surface area contributed by atoms with Crippen LogP contribution in [0.1, 0.15) is 18.1 Å². The Kier molecular flexibility index (Phi) is 5.54. The Bertz CT molecular complexity index is 524. The first-order chi connectivity index (χ1) is 10.1. The summed E-state index contributed by atoms with van der Waals surface area (Å²) in [6.45, 7) is 5.30. The lowest BCUT2D eigenvalue weighted by Gasteiger charge is -2.34. The SMILES string of the molecule is CNCC(C)(CN(C)Cc1ccccc1)c1ccccc1. The molecule has 2 heteroatoms. The van der Waals surface area contributed by atoms with Gasteiger partial charge in [0.1, 0.15) is 0 Å². The molecule has 0 aliphatic rings. The van der Waals surface area contributed by atoms with Crippen LogP contribution in [0, 0.1) is 0 Å². The summed E-state index contributed by atoms with van der Waals surface area (Å²) >= 11 is 0. The van der Waals surface area contributed by atoms with E-state index in [1.807, 2.05) is 7.05 Å². The molecular formula is C19H26N2. The summed E-state index contributed by atoms with van der Waals surface area (Å²) in [5.74, 6) is 0. The lowest BCUT2D eigenvalue weighted by atomic mass is 9.81. The van der Waals surface area contributed by atoms with E-state index < -0.39 is 0 Å². The lowest BCUT2D eigenvalue weighted by molar-refractivity contribution is 0.245. The third-order valence-corrected chi connectivity index (χ3v) is 3.95. The minimum absolute atomic E-state index is 0.111. The van der Waals surface area contributed by atoms with E-state index in [1.54, 1.807) is 0 Å². The summed E-state index contributed by atoms with van der Waals surface area (Å²) in [5, 5.41) is 3.35. The molecule has 21 heavy (non-hydrogen) atoms. The van der Waals surface area contributed by atoms with Crippen LogP contribution in [0.5, 0.6) is 0 Å². The monoisotopic (exact) mass is 282 g/mol. The van der Waals surface area contributed by atoms with Crippen molar-refractivity contribution in [2.75, 3.05) is 27.2 Å². The second kappa shape index (κ2) is 7.39. The van der Waals surface area contributed by atoms with Crippen LogP contribution in [-0.2, 0) is 12.0 Å². The van der Waals surface area contributed by atoms with Gasteiger partial charge in [0.2, 0.25) is 0 Å². The second-order valence-corrected chi connectivity index (χ2v) is 6.11. The molecule has 2 rings (SSSR count). The van der Waals surface area contributed by atoms with Crippen LogP contribution in [-0.4, -0.2) is 32.1 Å². The van der Waals surface area contributed by atoms with Gasteiger partial charge in [-0.15, -0.1) is 0 Å². The molecule has 0 radical (unpaired) electrons. The standard InChI is InChI=1S/C19H26N2/c1-19(15-20-2,18-12-8-5-9-13-18)16-21(3)14-17-10-6-4-7-11-17/h4-13,20H,14-16H2,1-3H3. The molecule has 0 amide bonds. The molecule has 0 saturated heterocycles. The molecule has 0 bridgehead atoms. The third-order valence-electron chi connectivity index (χ3n) is 3.95. The average molecular weight is 282 g/mol. The van der Waals surface area contributed by atoms with E-state index in [9.17, 15) is 0 Å². The largest absolute Gasteiger partial charge is 0.319 e. The fourth-order valence-corrected chi connectivity index (χ4v) is 3.03. The highest BCUT2D eigenvalue weighted by Gasteiger charge is 2.27. The Balaban J connectivity index is 2.09. The Labute approximate surface area is 128 Å². The molecule has 0 fully saturated rings. The van der Waals surface area contributed by atoms with Gasteiger partial charge in [0.05, 0.1) is 0 Å². The van der Waals surface area contributed by atoms with E-state index in [0.29, 0.717) is 0 Å². The Morgan fingerprint density at radius 2 is 1.52 bits per heavy atom. The van der Waals surface area contributed by atoms with E-state index in [0.717, 1.165) is 19.6 Å². The van der Waals surface area contributed by atoms with E-state index in [-0.39, 0.29) is 5.41 Å². The van der Waals surface area contributed by atoms with Gasteiger partial charge in [0, 0.05) is 25.0 Å². The number of rotatable bonds is 7. The van der Waals surface area contributed by atoms with Gasteiger partial charge in [-0.1, -0.05) is 67.6 Å². The Morgan fingerprint density at radius 1 is 0.952 bits per heavy atom. The summed E-state index contributed by atoms with van der Waals surface area (Å²) in [4.78, 5) is 2.40. The molecule has 0 aliphatic carbocycles. The first-order valence-corrected chi connectivity index (χ1v) is 7.57. The predicted molar refractivity (Wildman–Crippen MR) is 90.5 cm³/mol. The topological polar surface area (TPSA) is 15.3 Å². The zero-order valence-corrected chi connectivity index (χ0v) is 13.3. The number of likely N-dealkylation sites (N-methyl/N-ethyl adjacent to an activating group) is 2. The maximum absolute atomic E-state index is 3.35. The molecular weight excluding hydrogens is 256 g/mol. The van der Waals surface area contributed by atoms with Crippen LogP contribution in [0.15, 0.2) is 60.7 Å². The number of nitrogens with zero attached hydrogens (tertiary/aromatic N) is 1. The van der Waals surface area contributed by atoms with Crippen molar-refractivity contribution in [1.29, 1.82) is 0 Å². The Hall–Kier alpha value is -1.64.